The fourth-order valence-corrected chi connectivity index (χ4v) is 5.02. The molecule has 0 bridgehead atoms. The standard InChI is InChI=1S/C25H34N4O4Si/c1-15-8-10-17(11-9-15)20-14-21(32-29-20)22(30)26-19-12-18(13-19)24-28-27-23(31-24)16(2)33-34(6,7)25(3,4)5/h8-11,14,16,18-19H,12-13H2,1-7H3,(H,26,30)/t16-,18-,19-/m1/s1. The van der Waals surface area contributed by atoms with Crippen LogP contribution < -0.4 is 5.32 Å². The van der Waals surface area contributed by atoms with Crippen LogP contribution in [-0.4, -0.2) is 35.6 Å². The van der Waals surface area contributed by atoms with Crippen molar-refractivity contribution in [2.75, 3.05) is 0 Å². The molecule has 1 saturated carbocycles. The van der Waals surface area contributed by atoms with Gasteiger partial charge in [-0.1, -0.05) is 55.8 Å². The summed E-state index contributed by atoms with van der Waals surface area (Å²) in [4.78, 5) is 12.6. The molecule has 0 spiro atoms. The lowest BCUT2D eigenvalue weighted by Crippen LogP contribution is -2.43. The van der Waals surface area contributed by atoms with Gasteiger partial charge in [-0.05, 0) is 44.8 Å². The predicted octanol–water partition coefficient (Wildman–Crippen LogP) is 5.79. The summed E-state index contributed by atoms with van der Waals surface area (Å²) in [5, 5.41) is 15.6. The first-order valence-electron chi connectivity index (χ1n) is 11.8. The van der Waals surface area contributed by atoms with E-state index in [0.29, 0.717) is 17.5 Å². The van der Waals surface area contributed by atoms with Crippen molar-refractivity contribution in [3.8, 4) is 11.3 Å². The highest BCUT2D eigenvalue weighted by Crippen LogP contribution is 2.40. The van der Waals surface area contributed by atoms with Crippen molar-refractivity contribution in [1.82, 2.24) is 20.7 Å². The third-order valence-electron chi connectivity index (χ3n) is 6.99. The Balaban J connectivity index is 1.29. The lowest BCUT2D eigenvalue weighted by atomic mass is 9.80. The highest BCUT2D eigenvalue weighted by molar-refractivity contribution is 6.74. The number of aromatic nitrogens is 3. The lowest BCUT2D eigenvalue weighted by Gasteiger charge is -2.37. The van der Waals surface area contributed by atoms with E-state index in [2.05, 4.69) is 54.5 Å². The number of benzene rings is 1. The molecule has 0 radical (unpaired) electrons. The van der Waals surface area contributed by atoms with E-state index in [-0.39, 0.29) is 34.8 Å². The molecule has 0 aliphatic heterocycles. The zero-order valence-corrected chi connectivity index (χ0v) is 22.0. The summed E-state index contributed by atoms with van der Waals surface area (Å²) < 4.78 is 17.6. The molecule has 8 nitrogen and oxygen atoms in total. The van der Waals surface area contributed by atoms with E-state index >= 15 is 0 Å². The summed E-state index contributed by atoms with van der Waals surface area (Å²) in [7, 11) is -1.94. The Morgan fingerprint density at radius 1 is 1.18 bits per heavy atom. The zero-order valence-electron chi connectivity index (χ0n) is 21.0. The van der Waals surface area contributed by atoms with Crippen molar-refractivity contribution in [2.24, 2.45) is 0 Å². The molecule has 9 heteroatoms. The van der Waals surface area contributed by atoms with Crippen molar-refractivity contribution in [2.45, 2.75) is 83.7 Å². The van der Waals surface area contributed by atoms with Crippen LogP contribution in [0.15, 0.2) is 39.3 Å². The number of carbonyl (C=O) groups is 1. The molecule has 2 heterocycles. The second-order valence-electron chi connectivity index (χ2n) is 10.8. The monoisotopic (exact) mass is 482 g/mol. The van der Waals surface area contributed by atoms with Gasteiger partial charge in [0.15, 0.2) is 8.32 Å². The maximum Gasteiger partial charge on any atom is 0.290 e. The van der Waals surface area contributed by atoms with Crippen molar-refractivity contribution in [3.63, 3.8) is 0 Å². The zero-order chi connectivity index (χ0) is 24.7. The van der Waals surface area contributed by atoms with E-state index in [9.17, 15) is 4.79 Å². The first kappa shape index (κ1) is 24.3. The summed E-state index contributed by atoms with van der Waals surface area (Å²) in [6.07, 6.45) is 1.24. The molecule has 2 aromatic heterocycles. The third-order valence-corrected chi connectivity index (χ3v) is 11.5. The molecule has 1 aromatic carbocycles. The van der Waals surface area contributed by atoms with Gasteiger partial charge in [0.25, 0.3) is 5.91 Å². The largest absolute Gasteiger partial charge is 0.422 e. The SMILES string of the molecule is Cc1ccc(-c2cc(C(=O)N[C@H]3C[C@H](c4nnc([C@@H](C)O[Si](C)(C)C(C)(C)C)o4)C3)on2)cc1. The van der Waals surface area contributed by atoms with E-state index in [0.717, 1.165) is 24.0 Å². The average Bonchev–Trinajstić information content (AvgIpc) is 3.40. The number of aryl methyl sites for hydroxylation is 1. The van der Waals surface area contributed by atoms with Crippen LogP contribution in [0.3, 0.4) is 0 Å². The van der Waals surface area contributed by atoms with Gasteiger partial charge < -0.3 is 18.7 Å². The minimum Gasteiger partial charge on any atom is -0.422 e. The van der Waals surface area contributed by atoms with Crippen LogP contribution in [0, 0.1) is 6.92 Å². The van der Waals surface area contributed by atoms with Gasteiger partial charge in [0.1, 0.15) is 11.8 Å². The minimum absolute atomic E-state index is 0.0293. The fourth-order valence-electron chi connectivity index (χ4n) is 3.68. The Labute approximate surface area is 201 Å². The van der Waals surface area contributed by atoms with Gasteiger partial charge in [-0.3, -0.25) is 4.79 Å². The quantitative estimate of drug-likeness (QED) is 0.425. The average molecular weight is 483 g/mol. The molecule has 1 atom stereocenters. The van der Waals surface area contributed by atoms with E-state index in [1.165, 1.54) is 0 Å². The van der Waals surface area contributed by atoms with Crippen LogP contribution in [0.1, 0.15) is 80.5 Å². The second-order valence-corrected chi connectivity index (χ2v) is 15.5. The Bertz CT molecular complexity index is 1140. The summed E-state index contributed by atoms with van der Waals surface area (Å²) in [5.41, 5.74) is 2.72. The molecule has 1 aliphatic carbocycles. The van der Waals surface area contributed by atoms with Crippen molar-refractivity contribution in [3.05, 3.63) is 53.4 Å². The third kappa shape index (κ3) is 5.15. The van der Waals surface area contributed by atoms with Crippen LogP contribution in [-0.2, 0) is 4.43 Å². The molecular weight excluding hydrogens is 448 g/mol. The minimum atomic E-state index is -1.94. The topological polar surface area (TPSA) is 103 Å². The Kier molecular flexibility index (Phi) is 6.52. The highest BCUT2D eigenvalue weighted by atomic mass is 28.4. The van der Waals surface area contributed by atoms with Gasteiger partial charge in [-0.25, -0.2) is 0 Å². The molecule has 4 rings (SSSR count). The fraction of sp³-hybridized carbons (Fsp3) is 0.520. The Hall–Kier alpha value is -2.78. The molecule has 0 saturated heterocycles. The van der Waals surface area contributed by atoms with Crippen LogP contribution in [0.4, 0.5) is 0 Å². The van der Waals surface area contributed by atoms with E-state index in [4.69, 9.17) is 13.4 Å². The van der Waals surface area contributed by atoms with Gasteiger partial charge >= 0.3 is 0 Å². The van der Waals surface area contributed by atoms with Gasteiger partial charge in [0.05, 0.1) is 0 Å². The first-order chi connectivity index (χ1) is 15.9. The molecule has 1 amide bonds. The number of hydrogen-bond donors (Lipinski definition) is 1. The van der Waals surface area contributed by atoms with Gasteiger partial charge in [0.2, 0.25) is 17.5 Å². The maximum atomic E-state index is 12.6. The Morgan fingerprint density at radius 3 is 2.50 bits per heavy atom. The normalized spacial score (nSPS) is 19.5. The molecule has 182 valence electrons. The molecular formula is C25H34N4O4Si. The van der Waals surface area contributed by atoms with Crippen LogP contribution >= 0.6 is 0 Å². The predicted molar refractivity (Wildman–Crippen MR) is 131 cm³/mol. The number of nitrogens with zero attached hydrogens (tertiary/aromatic N) is 3. The number of rotatable bonds is 7. The van der Waals surface area contributed by atoms with Gasteiger partial charge in [0, 0.05) is 23.6 Å². The van der Waals surface area contributed by atoms with Crippen molar-refractivity contribution >= 4 is 14.2 Å². The Morgan fingerprint density at radius 2 is 1.85 bits per heavy atom. The summed E-state index contributed by atoms with van der Waals surface area (Å²) in [5.74, 6) is 1.18. The molecule has 34 heavy (non-hydrogen) atoms. The maximum absolute atomic E-state index is 12.6. The molecule has 1 aliphatic rings. The number of amides is 1. The van der Waals surface area contributed by atoms with Crippen LogP contribution in [0.2, 0.25) is 18.1 Å². The molecule has 1 N–H and O–H groups in total. The van der Waals surface area contributed by atoms with Crippen molar-refractivity contribution < 1.29 is 18.2 Å². The van der Waals surface area contributed by atoms with Gasteiger partial charge in [-0.2, -0.15) is 0 Å². The number of carbonyl (C=O) groups excluding carboxylic acids is 1. The lowest BCUT2D eigenvalue weighted by molar-refractivity contribution is 0.0864. The van der Waals surface area contributed by atoms with Crippen LogP contribution in [0.5, 0.6) is 0 Å². The summed E-state index contributed by atoms with van der Waals surface area (Å²) >= 11 is 0. The second kappa shape index (κ2) is 9.11. The van der Waals surface area contributed by atoms with Gasteiger partial charge in [-0.15, -0.1) is 10.2 Å². The van der Waals surface area contributed by atoms with E-state index in [1.54, 1.807) is 6.07 Å². The highest BCUT2D eigenvalue weighted by Gasteiger charge is 2.40. The summed E-state index contributed by atoms with van der Waals surface area (Å²) in [6.45, 7) is 15.0. The van der Waals surface area contributed by atoms with E-state index < -0.39 is 8.32 Å². The first-order valence-corrected chi connectivity index (χ1v) is 14.7. The number of nitrogens with one attached hydrogen (secondary N) is 1. The smallest absolute Gasteiger partial charge is 0.290 e. The molecule has 3 aromatic rings. The van der Waals surface area contributed by atoms with Crippen LogP contribution in [0.25, 0.3) is 11.3 Å². The number of hydrogen-bond acceptors (Lipinski definition) is 7. The molecule has 1 fully saturated rings. The van der Waals surface area contributed by atoms with Crippen molar-refractivity contribution in [1.29, 1.82) is 0 Å². The summed E-state index contributed by atoms with van der Waals surface area (Å²) in [6, 6.07) is 9.62. The molecule has 0 unspecified atom stereocenters. The van der Waals surface area contributed by atoms with E-state index in [1.807, 2.05) is 38.1 Å².